The van der Waals surface area contributed by atoms with Gasteiger partial charge >= 0.3 is 0 Å². The van der Waals surface area contributed by atoms with Gasteiger partial charge in [-0.2, -0.15) is 0 Å². The lowest BCUT2D eigenvalue weighted by Crippen LogP contribution is -2.36. The second-order valence-corrected chi connectivity index (χ2v) is 4.49. The van der Waals surface area contributed by atoms with E-state index in [4.69, 9.17) is 14.6 Å². The number of rotatable bonds is 5. The minimum atomic E-state index is 0.204. The van der Waals surface area contributed by atoms with E-state index in [2.05, 4.69) is 0 Å². The highest BCUT2D eigenvalue weighted by Crippen LogP contribution is 2.39. The van der Waals surface area contributed by atoms with Gasteiger partial charge in [-0.05, 0) is 31.6 Å². The molecule has 0 heterocycles. The highest BCUT2D eigenvalue weighted by atomic mass is 16.5. The summed E-state index contributed by atoms with van der Waals surface area (Å²) in [5, 5.41) is 9.06. The Morgan fingerprint density at radius 3 is 2.00 bits per heavy atom. The summed E-state index contributed by atoms with van der Waals surface area (Å²) in [5.74, 6) is 0.497. The minimum Gasteiger partial charge on any atom is -0.396 e. The fourth-order valence-electron chi connectivity index (χ4n) is 2.42. The second kappa shape index (κ2) is 5.69. The third-order valence-corrected chi connectivity index (χ3v) is 3.33. The number of aliphatic hydroxyl groups excluding tert-OH is 1. The SMILES string of the molecule is COCC1(COC)CCC(CO)CC1. The summed E-state index contributed by atoms with van der Waals surface area (Å²) in [6.07, 6.45) is 4.42. The largest absolute Gasteiger partial charge is 0.396 e. The summed E-state index contributed by atoms with van der Waals surface area (Å²) in [7, 11) is 3.49. The van der Waals surface area contributed by atoms with Crippen LogP contribution in [0.2, 0.25) is 0 Å². The van der Waals surface area contributed by atoms with Gasteiger partial charge in [-0.25, -0.2) is 0 Å². The molecule has 0 saturated heterocycles. The topological polar surface area (TPSA) is 38.7 Å². The predicted octanol–water partition coefficient (Wildman–Crippen LogP) is 1.45. The quantitative estimate of drug-likeness (QED) is 0.733. The monoisotopic (exact) mass is 202 g/mol. The van der Waals surface area contributed by atoms with E-state index >= 15 is 0 Å². The van der Waals surface area contributed by atoms with Gasteiger partial charge in [0.2, 0.25) is 0 Å². The van der Waals surface area contributed by atoms with E-state index in [1.165, 1.54) is 0 Å². The summed E-state index contributed by atoms with van der Waals surface area (Å²) in [5.41, 5.74) is 0.204. The van der Waals surface area contributed by atoms with Gasteiger partial charge in [-0.15, -0.1) is 0 Å². The molecule has 14 heavy (non-hydrogen) atoms. The molecule has 0 unspecified atom stereocenters. The summed E-state index contributed by atoms with van der Waals surface area (Å²) in [6, 6.07) is 0. The van der Waals surface area contributed by atoms with Crippen LogP contribution in [0.1, 0.15) is 25.7 Å². The molecule has 0 amide bonds. The van der Waals surface area contributed by atoms with Gasteiger partial charge in [0.25, 0.3) is 0 Å². The van der Waals surface area contributed by atoms with Crippen LogP contribution >= 0.6 is 0 Å². The molecular formula is C11H22O3. The third kappa shape index (κ3) is 2.94. The molecule has 1 saturated carbocycles. The first-order chi connectivity index (χ1) is 6.76. The van der Waals surface area contributed by atoms with Crippen molar-refractivity contribution in [3.05, 3.63) is 0 Å². The first-order valence-electron chi connectivity index (χ1n) is 5.35. The average Bonchev–Trinajstić information content (AvgIpc) is 2.20. The average molecular weight is 202 g/mol. The summed E-state index contributed by atoms with van der Waals surface area (Å²) >= 11 is 0. The molecule has 1 aliphatic carbocycles. The number of methoxy groups -OCH3 is 2. The smallest absolute Gasteiger partial charge is 0.0540 e. The van der Waals surface area contributed by atoms with Crippen LogP contribution in [-0.2, 0) is 9.47 Å². The molecule has 0 atom stereocenters. The highest BCUT2D eigenvalue weighted by molar-refractivity contribution is 4.85. The van der Waals surface area contributed by atoms with Crippen molar-refractivity contribution >= 4 is 0 Å². The van der Waals surface area contributed by atoms with Gasteiger partial charge in [0, 0.05) is 26.2 Å². The molecule has 1 rings (SSSR count). The Balaban J connectivity index is 2.45. The second-order valence-electron chi connectivity index (χ2n) is 4.49. The van der Waals surface area contributed by atoms with Crippen LogP contribution in [-0.4, -0.2) is 39.1 Å². The van der Waals surface area contributed by atoms with E-state index in [1.807, 2.05) is 0 Å². The van der Waals surface area contributed by atoms with Crippen LogP contribution in [0.25, 0.3) is 0 Å². The van der Waals surface area contributed by atoms with E-state index in [9.17, 15) is 0 Å². The van der Waals surface area contributed by atoms with E-state index in [-0.39, 0.29) is 5.41 Å². The fraction of sp³-hybridized carbons (Fsp3) is 1.00. The number of aliphatic hydroxyl groups is 1. The van der Waals surface area contributed by atoms with Crippen molar-refractivity contribution in [3.8, 4) is 0 Å². The Morgan fingerprint density at radius 2 is 1.64 bits per heavy atom. The summed E-state index contributed by atoms with van der Waals surface area (Å²) in [4.78, 5) is 0. The molecule has 0 aromatic carbocycles. The Bertz CT molecular complexity index is 143. The molecule has 0 aromatic rings. The molecule has 0 aliphatic heterocycles. The normalized spacial score (nSPS) is 22.5. The van der Waals surface area contributed by atoms with Crippen molar-refractivity contribution in [2.24, 2.45) is 11.3 Å². The van der Waals surface area contributed by atoms with Crippen LogP contribution in [0.5, 0.6) is 0 Å². The predicted molar refractivity (Wildman–Crippen MR) is 55.2 cm³/mol. The van der Waals surface area contributed by atoms with E-state index < -0.39 is 0 Å². The Morgan fingerprint density at radius 1 is 1.14 bits per heavy atom. The summed E-state index contributed by atoms with van der Waals surface area (Å²) < 4.78 is 10.5. The molecule has 3 nitrogen and oxygen atoms in total. The van der Waals surface area contributed by atoms with Crippen LogP contribution in [0.3, 0.4) is 0 Å². The molecule has 1 N–H and O–H groups in total. The first kappa shape index (κ1) is 12.0. The van der Waals surface area contributed by atoms with Gasteiger partial charge in [0.05, 0.1) is 13.2 Å². The van der Waals surface area contributed by atoms with Gasteiger partial charge in [0.15, 0.2) is 0 Å². The number of hydrogen-bond acceptors (Lipinski definition) is 3. The zero-order valence-electron chi connectivity index (χ0n) is 9.29. The lowest BCUT2D eigenvalue weighted by atomic mass is 9.71. The van der Waals surface area contributed by atoms with Crippen LogP contribution in [0, 0.1) is 11.3 Å². The maximum absolute atomic E-state index is 9.06. The van der Waals surface area contributed by atoms with E-state index in [1.54, 1.807) is 14.2 Å². The first-order valence-corrected chi connectivity index (χ1v) is 5.35. The van der Waals surface area contributed by atoms with Crippen molar-refractivity contribution in [3.63, 3.8) is 0 Å². The van der Waals surface area contributed by atoms with Crippen molar-refractivity contribution in [1.29, 1.82) is 0 Å². The van der Waals surface area contributed by atoms with E-state index in [0.29, 0.717) is 12.5 Å². The maximum Gasteiger partial charge on any atom is 0.0540 e. The molecule has 3 heteroatoms. The molecule has 0 aromatic heterocycles. The fourth-order valence-corrected chi connectivity index (χ4v) is 2.42. The molecule has 0 radical (unpaired) electrons. The van der Waals surface area contributed by atoms with Crippen molar-refractivity contribution < 1.29 is 14.6 Å². The summed E-state index contributed by atoms with van der Waals surface area (Å²) in [6.45, 7) is 1.88. The molecule has 0 bridgehead atoms. The van der Waals surface area contributed by atoms with Crippen molar-refractivity contribution in [2.75, 3.05) is 34.0 Å². The molecule has 1 aliphatic rings. The molecular weight excluding hydrogens is 180 g/mol. The zero-order valence-corrected chi connectivity index (χ0v) is 9.29. The standard InChI is InChI=1S/C11H22O3/c1-13-8-11(9-14-2)5-3-10(7-12)4-6-11/h10,12H,3-9H2,1-2H3. The van der Waals surface area contributed by atoms with Gasteiger partial charge in [-0.1, -0.05) is 0 Å². The van der Waals surface area contributed by atoms with Crippen LogP contribution < -0.4 is 0 Å². The zero-order chi connectivity index (χ0) is 10.4. The van der Waals surface area contributed by atoms with Gasteiger partial charge in [0.1, 0.15) is 0 Å². The lowest BCUT2D eigenvalue weighted by molar-refractivity contribution is -0.0275. The highest BCUT2D eigenvalue weighted by Gasteiger charge is 2.35. The number of hydrogen-bond donors (Lipinski definition) is 1. The minimum absolute atomic E-state index is 0.204. The molecule has 0 spiro atoms. The Kier molecular flexibility index (Phi) is 4.85. The van der Waals surface area contributed by atoms with E-state index in [0.717, 1.165) is 38.9 Å². The van der Waals surface area contributed by atoms with Crippen molar-refractivity contribution in [1.82, 2.24) is 0 Å². The maximum atomic E-state index is 9.06. The van der Waals surface area contributed by atoms with Gasteiger partial charge < -0.3 is 14.6 Å². The Hall–Kier alpha value is -0.120. The lowest BCUT2D eigenvalue weighted by Gasteiger charge is -2.38. The number of ether oxygens (including phenoxy) is 2. The van der Waals surface area contributed by atoms with Crippen molar-refractivity contribution in [2.45, 2.75) is 25.7 Å². The van der Waals surface area contributed by atoms with Crippen LogP contribution in [0.4, 0.5) is 0 Å². The molecule has 1 fully saturated rings. The third-order valence-electron chi connectivity index (χ3n) is 3.33. The Labute approximate surface area is 86.4 Å². The molecule has 84 valence electrons. The van der Waals surface area contributed by atoms with Gasteiger partial charge in [-0.3, -0.25) is 0 Å². The van der Waals surface area contributed by atoms with Crippen LogP contribution in [0.15, 0.2) is 0 Å².